The molecule has 0 spiro atoms. The maximum Gasteiger partial charge on any atom is 0.534 e. The Morgan fingerprint density at radius 2 is 1.64 bits per heavy atom. The molecule has 0 aliphatic rings. The molecule has 0 aliphatic heterocycles. The van der Waals surface area contributed by atoms with Gasteiger partial charge in [-0.15, -0.1) is 0 Å². The van der Waals surface area contributed by atoms with Crippen LogP contribution in [0, 0.1) is 0 Å². The van der Waals surface area contributed by atoms with Crippen LogP contribution in [0.1, 0.15) is 11.1 Å². The highest BCUT2D eigenvalue weighted by atomic mass is 32.2. The topological polar surface area (TPSA) is 81.7 Å². The van der Waals surface area contributed by atoms with Gasteiger partial charge in [-0.05, 0) is 29.7 Å². The number of methoxy groups -OCH3 is 1. The molecule has 0 aromatic heterocycles. The average Bonchev–Trinajstić information content (AvgIpc) is 2.65. The number of alkyl halides is 3. The number of benzene rings is 2. The van der Waals surface area contributed by atoms with Crippen molar-refractivity contribution in [1.82, 2.24) is 5.32 Å². The lowest BCUT2D eigenvalue weighted by atomic mass is 10.1. The van der Waals surface area contributed by atoms with E-state index in [1.807, 2.05) is 30.3 Å². The highest BCUT2D eigenvalue weighted by Gasteiger charge is 2.48. The molecule has 0 fully saturated rings. The number of ether oxygens (including phenoxy) is 1. The van der Waals surface area contributed by atoms with Crippen molar-refractivity contribution in [2.75, 3.05) is 7.11 Å². The van der Waals surface area contributed by atoms with Crippen LogP contribution in [0.25, 0.3) is 0 Å². The molecule has 0 aliphatic carbocycles. The lowest BCUT2D eigenvalue weighted by Crippen LogP contribution is -2.39. The zero-order valence-corrected chi connectivity index (χ0v) is 15.6. The number of hydrogen-bond donors (Lipinski definition) is 1. The predicted molar refractivity (Wildman–Crippen MR) is 94.8 cm³/mol. The second-order valence-electron chi connectivity index (χ2n) is 5.77. The minimum atomic E-state index is -5.73. The summed E-state index contributed by atoms with van der Waals surface area (Å²) in [6.45, 7) is 0.408. The third-order valence-electron chi connectivity index (χ3n) is 3.73. The van der Waals surface area contributed by atoms with Crippen LogP contribution in [0.2, 0.25) is 0 Å². The first-order chi connectivity index (χ1) is 13.1. The predicted octanol–water partition coefficient (Wildman–Crippen LogP) is 2.79. The molecule has 2 aromatic carbocycles. The van der Waals surface area contributed by atoms with E-state index in [0.29, 0.717) is 12.1 Å². The van der Waals surface area contributed by atoms with E-state index in [1.165, 1.54) is 19.2 Å². The zero-order valence-electron chi connectivity index (χ0n) is 14.8. The Labute approximate surface area is 160 Å². The lowest BCUT2D eigenvalue weighted by Gasteiger charge is -2.17. The van der Waals surface area contributed by atoms with E-state index in [2.05, 4.69) is 9.50 Å². The smallest absolute Gasteiger partial charge is 0.468 e. The van der Waals surface area contributed by atoms with Gasteiger partial charge >= 0.3 is 21.6 Å². The summed E-state index contributed by atoms with van der Waals surface area (Å²) in [4.78, 5) is 12.0. The molecule has 0 bridgehead atoms. The molecule has 1 N–H and O–H groups in total. The summed E-state index contributed by atoms with van der Waals surface area (Å²) in [5.41, 5.74) is -3.98. The zero-order chi connectivity index (χ0) is 20.8. The van der Waals surface area contributed by atoms with Gasteiger partial charge in [-0.2, -0.15) is 21.6 Å². The first kappa shape index (κ1) is 21.7. The minimum absolute atomic E-state index is 0.186. The Morgan fingerprint density at radius 1 is 1.04 bits per heavy atom. The molecule has 0 radical (unpaired) electrons. The van der Waals surface area contributed by atoms with Crippen molar-refractivity contribution in [3.63, 3.8) is 0 Å². The maximum atomic E-state index is 12.4. The van der Waals surface area contributed by atoms with Crippen LogP contribution in [-0.4, -0.2) is 33.0 Å². The number of carbonyl (C=O) groups is 1. The normalized spacial score (nSPS) is 13.0. The van der Waals surface area contributed by atoms with E-state index < -0.39 is 33.4 Å². The molecule has 0 amide bonds. The quantitative estimate of drug-likeness (QED) is 0.404. The Kier molecular flexibility index (Phi) is 7.03. The van der Waals surface area contributed by atoms with E-state index in [0.717, 1.165) is 17.7 Å². The van der Waals surface area contributed by atoms with E-state index in [9.17, 15) is 26.4 Å². The van der Waals surface area contributed by atoms with Gasteiger partial charge in [-0.3, -0.25) is 4.79 Å². The third kappa shape index (κ3) is 5.96. The molecule has 1 unspecified atom stereocenters. The molecule has 10 heteroatoms. The number of esters is 1. The maximum absolute atomic E-state index is 12.4. The molecule has 6 nitrogen and oxygen atoms in total. The molecular formula is C18H18F3NO5S. The lowest BCUT2D eigenvalue weighted by molar-refractivity contribution is -0.143. The average molecular weight is 417 g/mol. The molecule has 2 rings (SSSR count). The van der Waals surface area contributed by atoms with Gasteiger partial charge < -0.3 is 14.2 Å². The van der Waals surface area contributed by atoms with Crippen LogP contribution < -0.4 is 9.50 Å². The monoisotopic (exact) mass is 417 g/mol. The van der Waals surface area contributed by atoms with E-state index in [1.54, 1.807) is 0 Å². The van der Waals surface area contributed by atoms with Gasteiger partial charge in [0.15, 0.2) is 0 Å². The van der Waals surface area contributed by atoms with Gasteiger partial charge in [0, 0.05) is 6.54 Å². The van der Waals surface area contributed by atoms with E-state index >= 15 is 0 Å². The van der Waals surface area contributed by atoms with Crippen molar-refractivity contribution in [2.45, 2.75) is 24.5 Å². The fourth-order valence-corrected chi connectivity index (χ4v) is 2.77. The largest absolute Gasteiger partial charge is 0.534 e. The SMILES string of the molecule is COC(=O)C(Cc1ccc(OS(=O)(=O)C(F)(F)F)cc1)NCc1ccccc1. The van der Waals surface area contributed by atoms with Crippen LogP contribution in [0.15, 0.2) is 54.6 Å². The van der Waals surface area contributed by atoms with Crippen LogP contribution in [0.3, 0.4) is 0 Å². The first-order valence-corrected chi connectivity index (χ1v) is 9.48. The Hall–Kier alpha value is -2.59. The van der Waals surface area contributed by atoms with Gasteiger partial charge in [0.2, 0.25) is 0 Å². The number of rotatable bonds is 8. The Morgan fingerprint density at radius 3 is 2.18 bits per heavy atom. The van der Waals surface area contributed by atoms with Crippen molar-refractivity contribution >= 4 is 16.1 Å². The highest BCUT2D eigenvalue weighted by molar-refractivity contribution is 7.88. The van der Waals surface area contributed by atoms with Crippen molar-refractivity contribution in [2.24, 2.45) is 0 Å². The molecule has 2 aromatic rings. The molecular weight excluding hydrogens is 399 g/mol. The fourth-order valence-electron chi connectivity index (χ4n) is 2.31. The van der Waals surface area contributed by atoms with Crippen molar-refractivity contribution < 1.29 is 35.3 Å². The van der Waals surface area contributed by atoms with Crippen molar-refractivity contribution in [3.05, 3.63) is 65.7 Å². The van der Waals surface area contributed by atoms with Crippen LogP contribution in [-0.2, 0) is 32.6 Å². The highest BCUT2D eigenvalue weighted by Crippen LogP contribution is 2.27. The van der Waals surface area contributed by atoms with Crippen LogP contribution in [0.4, 0.5) is 13.2 Å². The summed E-state index contributed by atoms with van der Waals surface area (Å²) in [6, 6.07) is 13.6. The van der Waals surface area contributed by atoms with Gasteiger partial charge in [0.05, 0.1) is 7.11 Å². The van der Waals surface area contributed by atoms with E-state index in [-0.39, 0.29) is 6.42 Å². The molecule has 0 saturated heterocycles. The third-order valence-corrected chi connectivity index (χ3v) is 4.71. The Bertz CT molecular complexity index is 884. The van der Waals surface area contributed by atoms with Gasteiger partial charge in [-0.1, -0.05) is 42.5 Å². The molecule has 1 atom stereocenters. The van der Waals surface area contributed by atoms with Crippen LogP contribution >= 0.6 is 0 Å². The van der Waals surface area contributed by atoms with Gasteiger partial charge in [-0.25, -0.2) is 0 Å². The summed E-state index contributed by atoms with van der Waals surface area (Å²) in [5, 5.41) is 3.06. The summed E-state index contributed by atoms with van der Waals surface area (Å²) in [5.74, 6) is -0.983. The first-order valence-electron chi connectivity index (χ1n) is 8.07. The number of nitrogens with one attached hydrogen (secondary N) is 1. The summed E-state index contributed by atoms with van der Waals surface area (Å²) in [7, 11) is -4.48. The van der Waals surface area contributed by atoms with Crippen molar-refractivity contribution in [1.29, 1.82) is 0 Å². The Balaban J connectivity index is 2.05. The number of carbonyl (C=O) groups excluding carboxylic acids is 1. The van der Waals surface area contributed by atoms with E-state index in [4.69, 9.17) is 4.74 Å². The van der Waals surface area contributed by atoms with Crippen LogP contribution in [0.5, 0.6) is 5.75 Å². The van der Waals surface area contributed by atoms with Gasteiger partial charge in [0.25, 0.3) is 0 Å². The van der Waals surface area contributed by atoms with Crippen molar-refractivity contribution in [3.8, 4) is 5.75 Å². The molecule has 152 valence electrons. The number of hydrogen-bond acceptors (Lipinski definition) is 6. The standard InChI is InChI=1S/C18H18F3NO5S/c1-26-17(23)16(22-12-14-5-3-2-4-6-14)11-13-7-9-15(10-8-13)27-28(24,25)18(19,20)21/h2-10,16,22H,11-12H2,1H3. The minimum Gasteiger partial charge on any atom is -0.468 e. The second-order valence-corrected chi connectivity index (χ2v) is 7.31. The summed E-state index contributed by atoms with van der Waals surface area (Å²) >= 11 is 0. The molecule has 0 heterocycles. The number of halogens is 3. The summed E-state index contributed by atoms with van der Waals surface area (Å²) < 4.78 is 67.9. The second kappa shape index (κ2) is 9.07. The van der Waals surface area contributed by atoms with Gasteiger partial charge in [0.1, 0.15) is 11.8 Å². The molecule has 0 saturated carbocycles. The molecule has 28 heavy (non-hydrogen) atoms. The fraction of sp³-hybridized carbons (Fsp3) is 0.278. The summed E-state index contributed by atoms with van der Waals surface area (Å²) in [6.07, 6.45) is 0.186.